The van der Waals surface area contributed by atoms with E-state index in [2.05, 4.69) is 13.0 Å². The van der Waals surface area contributed by atoms with Gasteiger partial charge in [-0.15, -0.1) is 0 Å². The minimum atomic E-state index is 0.611. The van der Waals surface area contributed by atoms with E-state index in [1.165, 1.54) is 5.56 Å². The highest BCUT2D eigenvalue weighted by atomic mass is 35.5. The number of hydrogen-bond acceptors (Lipinski definition) is 2. The smallest absolute Gasteiger partial charge is 0.130 e. The molecule has 0 saturated carbocycles. The molecule has 0 amide bonds. The maximum Gasteiger partial charge on any atom is 0.130 e. The summed E-state index contributed by atoms with van der Waals surface area (Å²) in [5.41, 5.74) is 9.00. The van der Waals surface area contributed by atoms with Crippen molar-refractivity contribution in [1.82, 2.24) is 0 Å². The summed E-state index contributed by atoms with van der Waals surface area (Å²) < 4.78 is 5.94. The van der Waals surface area contributed by atoms with Crippen molar-refractivity contribution in [3.05, 3.63) is 58.1 Å². The summed E-state index contributed by atoms with van der Waals surface area (Å²) in [6.07, 6.45) is 0.809. The van der Waals surface area contributed by atoms with Gasteiger partial charge in [-0.3, -0.25) is 0 Å². The van der Waals surface area contributed by atoms with Crippen LogP contribution in [0.4, 0.5) is 0 Å². The molecule has 100 valence electrons. The predicted molar refractivity (Wildman–Crippen MR) is 80.2 cm³/mol. The molecule has 0 spiro atoms. The van der Waals surface area contributed by atoms with Crippen molar-refractivity contribution in [3.63, 3.8) is 0 Å². The maximum absolute atomic E-state index is 6.01. The van der Waals surface area contributed by atoms with E-state index in [1.54, 1.807) is 0 Å². The van der Waals surface area contributed by atoms with Crippen LogP contribution in [0, 0.1) is 13.8 Å². The van der Waals surface area contributed by atoms with E-state index in [4.69, 9.17) is 22.1 Å². The second-order valence-electron chi connectivity index (χ2n) is 4.66. The van der Waals surface area contributed by atoms with Crippen LogP contribution in [0.15, 0.2) is 36.4 Å². The quantitative estimate of drug-likeness (QED) is 0.905. The minimum Gasteiger partial charge on any atom is -0.457 e. The molecule has 2 aromatic rings. The number of nitrogens with two attached hydrogens (primary N) is 1. The lowest BCUT2D eigenvalue weighted by molar-refractivity contribution is 0.475. The summed E-state index contributed by atoms with van der Waals surface area (Å²) in [5, 5.41) is 0.749. The van der Waals surface area contributed by atoms with E-state index in [9.17, 15) is 0 Å². The van der Waals surface area contributed by atoms with E-state index >= 15 is 0 Å². The van der Waals surface area contributed by atoms with Crippen LogP contribution >= 0.6 is 11.6 Å². The van der Waals surface area contributed by atoms with Crippen molar-refractivity contribution in [3.8, 4) is 11.5 Å². The summed E-state index contributed by atoms with van der Waals surface area (Å²) in [7, 11) is 0. The predicted octanol–water partition coefficient (Wildman–Crippen LogP) is 4.25. The molecule has 0 aliphatic carbocycles. The Morgan fingerprint density at radius 1 is 1.11 bits per heavy atom. The number of benzene rings is 2. The summed E-state index contributed by atoms with van der Waals surface area (Å²) in [4.78, 5) is 0. The van der Waals surface area contributed by atoms with Gasteiger partial charge in [0.15, 0.2) is 0 Å². The van der Waals surface area contributed by atoms with Crippen molar-refractivity contribution in [2.45, 2.75) is 20.3 Å². The van der Waals surface area contributed by atoms with E-state index in [1.807, 2.05) is 37.3 Å². The van der Waals surface area contributed by atoms with Crippen LogP contribution in [0.1, 0.15) is 16.7 Å². The average Bonchev–Trinajstić information content (AvgIpc) is 2.37. The molecule has 19 heavy (non-hydrogen) atoms. The molecule has 3 heteroatoms. The molecular formula is C16H18ClNO. The molecule has 2 N–H and O–H groups in total. The third-order valence-electron chi connectivity index (χ3n) is 2.99. The van der Waals surface area contributed by atoms with Crippen LogP contribution in [0.3, 0.4) is 0 Å². The molecule has 0 saturated heterocycles. The molecule has 0 radical (unpaired) electrons. The number of halogens is 1. The molecule has 2 nitrogen and oxygen atoms in total. The molecule has 0 fully saturated rings. The zero-order valence-electron chi connectivity index (χ0n) is 11.2. The molecule has 0 aromatic heterocycles. The Morgan fingerprint density at radius 3 is 2.58 bits per heavy atom. The normalized spacial score (nSPS) is 10.5. The number of rotatable bonds is 4. The molecule has 0 bridgehead atoms. The average molecular weight is 276 g/mol. The fourth-order valence-electron chi connectivity index (χ4n) is 1.97. The van der Waals surface area contributed by atoms with Crippen LogP contribution < -0.4 is 10.5 Å². The third kappa shape index (κ3) is 3.49. The van der Waals surface area contributed by atoms with Crippen LogP contribution in [0.25, 0.3) is 0 Å². The van der Waals surface area contributed by atoms with Gasteiger partial charge in [0.2, 0.25) is 0 Å². The molecule has 2 aromatic carbocycles. The van der Waals surface area contributed by atoms with Gasteiger partial charge >= 0.3 is 0 Å². The zero-order valence-corrected chi connectivity index (χ0v) is 12.0. The first-order valence-corrected chi connectivity index (χ1v) is 6.71. The van der Waals surface area contributed by atoms with E-state index < -0.39 is 0 Å². The van der Waals surface area contributed by atoms with Gasteiger partial charge in [0.25, 0.3) is 0 Å². The Balaban J connectivity index is 2.29. The molecule has 0 aliphatic heterocycles. The SMILES string of the molecule is Cc1ccc(Oc2ccc(Cl)c(C)c2)c(CCN)c1. The maximum atomic E-state index is 6.01. The van der Waals surface area contributed by atoms with Gasteiger partial charge in [-0.2, -0.15) is 0 Å². The summed E-state index contributed by atoms with van der Waals surface area (Å²) in [6.45, 7) is 4.64. The standard InChI is InChI=1S/C16H18ClNO/c1-11-3-6-16(13(9-11)7-8-18)19-14-4-5-15(17)12(2)10-14/h3-6,9-10H,7-8,18H2,1-2H3. The molecule has 0 heterocycles. The van der Waals surface area contributed by atoms with Gasteiger partial charge < -0.3 is 10.5 Å². The fourth-order valence-corrected chi connectivity index (χ4v) is 2.08. The van der Waals surface area contributed by atoms with Crippen molar-refractivity contribution >= 4 is 11.6 Å². The first-order valence-electron chi connectivity index (χ1n) is 6.34. The van der Waals surface area contributed by atoms with Gasteiger partial charge in [0, 0.05) is 5.02 Å². The topological polar surface area (TPSA) is 35.2 Å². The third-order valence-corrected chi connectivity index (χ3v) is 3.41. The second-order valence-corrected chi connectivity index (χ2v) is 5.07. The summed E-state index contributed by atoms with van der Waals surface area (Å²) in [5.74, 6) is 1.65. The Bertz CT molecular complexity index is 581. The lowest BCUT2D eigenvalue weighted by Crippen LogP contribution is -2.04. The van der Waals surface area contributed by atoms with Gasteiger partial charge in [-0.25, -0.2) is 0 Å². The van der Waals surface area contributed by atoms with Crippen LogP contribution in [-0.4, -0.2) is 6.54 Å². The van der Waals surface area contributed by atoms with Crippen molar-refractivity contribution in [2.75, 3.05) is 6.54 Å². The van der Waals surface area contributed by atoms with Crippen LogP contribution in [-0.2, 0) is 6.42 Å². The van der Waals surface area contributed by atoms with Gasteiger partial charge in [-0.05, 0) is 62.2 Å². The Kier molecular flexibility index (Phi) is 4.46. The Morgan fingerprint density at radius 2 is 1.89 bits per heavy atom. The first kappa shape index (κ1) is 13.9. The minimum absolute atomic E-state index is 0.611. The van der Waals surface area contributed by atoms with Crippen molar-refractivity contribution in [1.29, 1.82) is 0 Å². The van der Waals surface area contributed by atoms with E-state index in [-0.39, 0.29) is 0 Å². The van der Waals surface area contributed by atoms with Crippen LogP contribution in [0.2, 0.25) is 5.02 Å². The van der Waals surface area contributed by atoms with Crippen LogP contribution in [0.5, 0.6) is 11.5 Å². The van der Waals surface area contributed by atoms with Crippen molar-refractivity contribution in [2.24, 2.45) is 5.73 Å². The molecule has 0 unspecified atom stereocenters. The lowest BCUT2D eigenvalue weighted by Gasteiger charge is -2.12. The highest BCUT2D eigenvalue weighted by Gasteiger charge is 2.06. The number of aryl methyl sites for hydroxylation is 2. The van der Waals surface area contributed by atoms with E-state index in [0.29, 0.717) is 6.54 Å². The summed E-state index contributed by atoms with van der Waals surface area (Å²) >= 11 is 6.01. The Labute approximate surface area is 119 Å². The second kappa shape index (κ2) is 6.09. The van der Waals surface area contributed by atoms with Crippen molar-refractivity contribution < 1.29 is 4.74 Å². The summed E-state index contributed by atoms with van der Waals surface area (Å²) in [6, 6.07) is 11.8. The lowest BCUT2D eigenvalue weighted by atomic mass is 10.1. The first-order chi connectivity index (χ1) is 9.10. The Hall–Kier alpha value is -1.51. The molecule has 0 atom stereocenters. The fraction of sp³-hybridized carbons (Fsp3) is 0.250. The zero-order chi connectivity index (χ0) is 13.8. The van der Waals surface area contributed by atoms with Gasteiger partial charge in [0.05, 0.1) is 0 Å². The highest BCUT2D eigenvalue weighted by Crippen LogP contribution is 2.29. The number of ether oxygens (including phenoxy) is 1. The van der Waals surface area contributed by atoms with Gasteiger partial charge in [-0.1, -0.05) is 29.3 Å². The monoisotopic (exact) mass is 275 g/mol. The van der Waals surface area contributed by atoms with E-state index in [0.717, 1.165) is 34.1 Å². The highest BCUT2D eigenvalue weighted by molar-refractivity contribution is 6.31. The molecular weight excluding hydrogens is 258 g/mol. The largest absolute Gasteiger partial charge is 0.457 e. The number of hydrogen-bond donors (Lipinski definition) is 1. The molecule has 2 rings (SSSR count). The van der Waals surface area contributed by atoms with Gasteiger partial charge in [0.1, 0.15) is 11.5 Å². The molecule has 0 aliphatic rings.